The zero-order valence-corrected chi connectivity index (χ0v) is 17.3. The number of amides is 3. The summed E-state index contributed by atoms with van der Waals surface area (Å²) in [6.45, 7) is -1.02. The van der Waals surface area contributed by atoms with Gasteiger partial charge in [-0.25, -0.2) is 0 Å². The maximum Gasteiger partial charge on any atom is 0.409 e. The van der Waals surface area contributed by atoms with E-state index in [9.17, 15) is 32.3 Å². The van der Waals surface area contributed by atoms with Crippen LogP contribution in [0.3, 0.4) is 0 Å². The molecule has 8 nitrogen and oxygen atoms in total. The minimum Gasteiger partial charge on any atom is -0.455 e. The first-order valence-electron chi connectivity index (χ1n) is 9.40. The normalized spacial score (nSPS) is 15.9. The highest BCUT2D eigenvalue weighted by Gasteiger charge is 2.49. The number of ether oxygens (including phenoxy) is 1. The molecule has 1 aliphatic rings. The smallest absolute Gasteiger partial charge is 0.409 e. The third-order valence-electron chi connectivity index (χ3n) is 4.53. The summed E-state index contributed by atoms with van der Waals surface area (Å²) in [5.41, 5.74) is 0.324. The van der Waals surface area contributed by atoms with Crippen LogP contribution < -0.4 is 15.5 Å². The lowest BCUT2D eigenvalue weighted by atomic mass is 10.1. The van der Waals surface area contributed by atoms with Crippen LogP contribution in [0.15, 0.2) is 41.1 Å². The summed E-state index contributed by atoms with van der Waals surface area (Å²) < 4.78 is 45.7. The van der Waals surface area contributed by atoms with Gasteiger partial charge in [0.25, 0.3) is 11.8 Å². The van der Waals surface area contributed by atoms with E-state index in [1.165, 1.54) is 35.6 Å². The second kappa shape index (κ2) is 9.81. The minimum absolute atomic E-state index is 0.0417. The minimum atomic E-state index is -4.89. The number of para-hydroxylation sites is 2. The van der Waals surface area contributed by atoms with E-state index in [1.807, 2.05) is 0 Å². The van der Waals surface area contributed by atoms with Crippen LogP contribution in [0, 0.1) is 0 Å². The lowest BCUT2D eigenvalue weighted by Crippen LogP contribution is -2.51. The average Bonchev–Trinajstić information content (AvgIpc) is 3.22. The molecule has 0 saturated heterocycles. The Morgan fingerprint density at radius 3 is 2.66 bits per heavy atom. The number of carbonyl (C=O) groups excluding carboxylic acids is 4. The van der Waals surface area contributed by atoms with E-state index in [4.69, 9.17) is 4.74 Å². The molecule has 0 fully saturated rings. The molecular formula is C20H18F3N3O5S. The van der Waals surface area contributed by atoms with E-state index in [0.717, 1.165) is 0 Å². The van der Waals surface area contributed by atoms with Crippen molar-refractivity contribution in [3.8, 4) is 0 Å². The van der Waals surface area contributed by atoms with Crippen molar-refractivity contribution >= 4 is 46.4 Å². The quantitative estimate of drug-likeness (QED) is 0.633. The van der Waals surface area contributed by atoms with Gasteiger partial charge in [-0.1, -0.05) is 12.1 Å². The zero-order chi connectivity index (χ0) is 23.3. The SMILES string of the molecule is O=C1CC(C(F)(F)F)N(C(=O)COC(=O)CCNC(=O)c2ccsc2)c2ccccc2N1. The van der Waals surface area contributed by atoms with Crippen molar-refractivity contribution in [2.75, 3.05) is 23.4 Å². The Balaban J connectivity index is 1.63. The van der Waals surface area contributed by atoms with E-state index in [0.29, 0.717) is 10.5 Å². The predicted molar refractivity (Wildman–Crippen MR) is 109 cm³/mol. The van der Waals surface area contributed by atoms with Gasteiger partial charge in [-0.15, -0.1) is 0 Å². The molecule has 3 rings (SSSR count). The maximum atomic E-state index is 13.6. The molecule has 1 aromatic carbocycles. The van der Waals surface area contributed by atoms with Crippen LogP contribution >= 0.6 is 11.3 Å². The van der Waals surface area contributed by atoms with Crippen LogP contribution in [0.5, 0.6) is 0 Å². The molecule has 0 radical (unpaired) electrons. The van der Waals surface area contributed by atoms with Crippen LogP contribution in [0.2, 0.25) is 0 Å². The number of fused-ring (bicyclic) bond motifs is 1. The van der Waals surface area contributed by atoms with Crippen LogP contribution in [0.25, 0.3) is 0 Å². The molecular weight excluding hydrogens is 451 g/mol. The second-order valence-electron chi connectivity index (χ2n) is 6.77. The van der Waals surface area contributed by atoms with E-state index in [2.05, 4.69) is 10.6 Å². The van der Waals surface area contributed by atoms with E-state index in [1.54, 1.807) is 16.8 Å². The fourth-order valence-corrected chi connectivity index (χ4v) is 3.69. The molecule has 1 unspecified atom stereocenters. The molecule has 32 heavy (non-hydrogen) atoms. The van der Waals surface area contributed by atoms with Gasteiger partial charge in [0.1, 0.15) is 6.04 Å². The van der Waals surface area contributed by atoms with Crippen molar-refractivity contribution in [2.45, 2.75) is 25.1 Å². The van der Waals surface area contributed by atoms with Crippen molar-refractivity contribution < 1.29 is 37.1 Å². The molecule has 1 aliphatic heterocycles. The van der Waals surface area contributed by atoms with Gasteiger partial charge >= 0.3 is 12.1 Å². The summed E-state index contributed by atoms with van der Waals surface area (Å²) >= 11 is 1.33. The molecule has 3 amide bonds. The summed E-state index contributed by atoms with van der Waals surface area (Å²) in [4.78, 5) is 48.7. The average molecular weight is 469 g/mol. The van der Waals surface area contributed by atoms with Crippen molar-refractivity contribution in [1.29, 1.82) is 0 Å². The fraction of sp³-hybridized carbons (Fsp3) is 0.300. The number of thiophene rings is 1. The summed E-state index contributed by atoms with van der Waals surface area (Å²) in [6.07, 6.45) is -6.16. The molecule has 12 heteroatoms. The number of benzene rings is 1. The molecule has 1 aromatic heterocycles. The molecule has 1 atom stereocenters. The molecule has 0 spiro atoms. The Kier molecular flexibility index (Phi) is 7.13. The van der Waals surface area contributed by atoms with Gasteiger partial charge in [-0.2, -0.15) is 24.5 Å². The lowest BCUT2D eigenvalue weighted by molar-refractivity contribution is -0.160. The van der Waals surface area contributed by atoms with Gasteiger partial charge < -0.3 is 15.4 Å². The number of anilines is 2. The monoisotopic (exact) mass is 469 g/mol. The van der Waals surface area contributed by atoms with E-state index >= 15 is 0 Å². The molecule has 0 aliphatic carbocycles. The Labute approximate surface area is 184 Å². The summed E-state index contributed by atoms with van der Waals surface area (Å²) in [7, 11) is 0. The Morgan fingerprint density at radius 2 is 1.97 bits per heavy atom. The fourth-order valence-electron chi connectivity index (χ4n) is 3.05. The standard InChI is InChI=1S/C20H18F3N3O5S/c21-20(22,23)15-9-16(27)25-13-3-1-2-4-14(13)26(15)17(28)10-31-18(29)5-7-24-19(30)12-6-8-32-11-12/h1-4,6,8,11,15H,5,7,9-10H2,(H,24,30)(H,25,27). The number of alkyl halides is 3. The number of hydrogen-bond acceptors (Lipinski definition) is 6. The van der Waals surface area contributed by atoms with Crippen LogP contribution in [0.4, 0.5) is 24.5 Å². The van der Waals surface area contributed by atoms with Crippen molar-refractivity contribution in [1.82, 2.24) is 5.32 Å². The number of carbonyl (C=O) groups is 4. The van der Waals surface area contributed by atoms with Gasteiger partial charge in [-0.3, -0.25) is 24.1 Å². The van der Waals surface area contributed by atoms with Crippen molar-refractivity contribution in [3.63, 3.8) is 0 Å². The zero-order valence-electron chi connectivity index (χ0n) is 16.5. The van der Waals surface area contributed by atoms with Crippen molar-refractivity contribution in [2.24, 2.45) is 0 Å². The van der Waals surface area contributed by atoms with Crippen molar-refractivity contribution in [3.05, 3.63) is 46.7 Å². The summed E-state index contributed by atoms with van der Waals surface area (Å²) in [5.74, 6) is -3.29. The topological polar surface area (TPSA) is 105 Å². The largest absolute Gasteiger partial charge is 0.455 e. The molecule has 0 bridgehead atoms. The highest BCUT2D eigenvalue weighted by atomic mass is 32.1. The number of hydrogen-bond donors (Lipinski definition) is 2. The first-order chi connectivity index (χ1) is 15.2. The molecule has 2 N–H and O–H groups in total. The van der Waals surface area contributed by atoms with Gasteiger partial charge in [0.05, 0.1) is 24.2 Å². The number of rotatable bonds is 6. The highest BCUT2D eigenvalue weighted by Crippen LogP contribution is 2.37. The van der Waals surface area contributed by atoms with Crippen LogP contribution in [0.1, 0.15) is 23.2 Å². The van der Waals surface area contributed by atoms with E-state index in [-0.39, 0.29) is 30.2 Å². The lowest BCUT2D eigenvalue weighted by Gasteiger charge is -2.31. The van der Waals surface area contributed by atoms with Gasteiger partial charge in [0, 0.05) is 17.5 Å². The van der Waals surface area contributed by atoms with Gasteiger partial charge in [-0.05, 0) is 23.6 Å². The first-order valence-corrected chi connectivity index (χ1v) is 10.3. The molecule has 170 valence electrons. The van der Waals surface area contributed by atoms with Gasteiger partial charge in [0.2, 0.25) is 5.91 Å². The van der Waals surface area contributed by atoms with Gasteiger partial charge in [0.15, 0.2) is 6.61 Å². The molecule has 0 saturated carbocycles. The second-order valence-corrected chi connectivity index (χ2v) is 7.55. The number of nitrogens with one attached hydrogen (secondary N) is 2. The predicted octanol–water partition coefficient (Wildman–Crippen LogP) is 2.72. The maximum absolute atomic E-state index is 13.6. The first kappa shape index (κ1) is 23.3. The summed E-state index contributed by atoms with van der Waals surface area (Å²) in [5, 5.41) is 8.18. The van der Waals surface area contributed by atoms with Crippen LogP contribution in [-0.4, -0.2) is 49.1 Å². The number of esters is 1. The Morgan fingerprint density at radius 1 is 1.22 bits per heavy atom. The summed E-state index contributed by atoms with van der Waals surface area (Å²) in [6, 6.07) is 4.74. The Bertz CT molecular complexity index is 1010. The molecule has 2 heterocycles. The Hall–Kier alpha value is -3.41. The highest BCUT2D eigenvalue weighted by molar-refractivity contribution is 7.08. The van der Waals surface area contributed by atoms with Crippen LogP contribution in [-0.2, 0) is 19.1 Å². The molecule has 2 aromatic rings. The third kappa shape index (κ3) is 5.63. The van der Waals surface area contributed by atoms with E-state index < -0.39 is 43.0 Å². The number of halogens is 3. The third-order valence-corrected chi connectivity index (χ3v) is 5.21. The number of nitrogens with zero attached hydrogens (tertiary/aromatic N) is 1.